The molecule has 0 amide bonds. The van der Waals surface area contributed by atoms with E-state index in [9.17, 15) is 4.79 Å². The van der Waals surface area contributed by atoms with Crippen molar-refractivity contribution in [3.8, 4) is 0 Å². The molecule has 3 heteroatoms. The first-order valence-corrected chi connectivity index (χ1v) is 7.35. The molecule has 2 unspecified atom stereocenters. The molecule has 1 aliphatic rings. The van der Waals surface area contributed by atoms with Gasteiger partial charge in [0, 0.05) is 23.1 Å². The van der Waals surface area contributed by atoms with Gasteiger partial charge < -0.3 is 0 Å². The van der Waals surface area contributed by atoms with Crippen LogP contribution in [0.15, 0.2) is 28.7 Å². The first kappa shape index (κ1) is 13.8. The molecular formula is C15H20BrNO. The number of Topliss-reactive ketones (excluding diaryl/α,β-unsaturated/α-hetero) is 1. The SMILES string of the molecule is CC1CC(C)CN(CC(=O)c2cccc(Br)c2)C1. The fraction of sp³-hybridized carbons (Fsp3) is 0.533. The lowest BCUT2D eigenvalue weighted by molar-refractivity contribution is 0.0849. The number of ketones is 1. The van der Waals surface area contributed by atoms with Crippen molar-refractivity contribution < 1.29 is 4.79 Å². The third-order valence-electron chi connectivity index (χ3n) is 3.46. The van der Waals surface area contributed by atoms with Gasteiger partial charge in [-0.3, -0.25) is 9.69 Å². The molecule has 2 rings (SSSR count). The van der Waals surface area contributed by atoms with Gasteiger partial charge in [0.1, 0.15) is 0 Å². The fourth-order valence-electron chi connectivity index (χ4n) is 2.88. The number of nitrogens with zero attached hydrogens (tertiary/aromatic N) is 1. The number of benzene rings is 1. The van der Waals surface area contributed by atoms with Gasteiger partial charge in [0.05, 0.1) is 6.54 Å². The average molecular weight is 310 g/mol. The minimum Gasteiger partial charge on any atom is -0.295 e. The third kappa shape index (κ3) is 3.66. The Morgan fingerprint density at radius 3 is 2.61 bits per heavy atom. The van der Waals surface area contributed by atoms with Crippen LogP contribution in [0.25, 0.3) is 0 Å². The van der Waals surface area contributed by atoms with Gasteiger partial charge in [-0.25, -0.2) is 0 Å². The molecular weight excluding hydrogens is 290 g/mol. The minimum absolute atomic E-state index is 0.220. The van der Waals surface area contributed by atoms with Crippen molar-refractivity contribution in [2.75, 3.05) is 19.6 Å². The maximum absolute atomic E-state index is 12.2. The van der Waals surface area contributed by atoms with Gasteiger partial charge in [0.15, 0.2) is 5.78 Å². The molecule has 1 fully saturated rings. The van der Waals surface area contributed by atoms with E-state index >= 15 is 0 Å². The van der Waals surface area contributed by atoms with Crippen molar-refractivity contribution in [1.82, 2.24) is 4.90 Å². The lowest BCUT2D eigenvalue weighted by Crippen LogP contribution is -2.41. The first-order valence-electron chi connectivity index (χ1n) is 6.55. The molecule has 2 atom stereocenters. The Bertz CT molecular complexity index is 422. The average Bonchev–Trinajstić information content (AvgIpc) is 2.27. The van der Waals surface area contributed by atoms with Crippen LogP contribution in [-0.2, 0) is 0 Å². The highest BCUT2D eigenvalue weighted by atomic mass is 79.9. The van der Waals surface area contributed by atoms with Crippen LogP contribution in [0.4, 0.5) is 0 Å². The van der Waals surface area contributed by atoms with Crippen molar-refractivity contribution in [2.24, 2.45) is 11.8 Å². The number of hydrogen-bond donors (Lipinski definition) is 0. The van der Waals surface area contributed by atoms with Gasteiger partial charge in [-0.2, -0.15) is 0 Å². The fourth-order valence-corrected chi connectivity index (χ4v) is 3.28. The Morgan fingerprint density at radius 2 is 2.00 bits per heavy atom. The molecule has 1 aliphatic heterocycles. The number of hydrogen-bond acceptors (Lipinski definition) is 2. The summed E-state index contributed by atoms with van der Waals surface area (Å²) in [5.41, 5.74) is 0.801. The normalized spacial score (nSPS) is 25.1. The van der Waals surface area contributed by atoms with E-state index < -0.39 is 0 Å². The number of rotatable bonds is 3. The predicted octanol–water partition coefficient (Wildman–Crippen LogP) is 3.61. The molecule has 1 heterocycles. The van der Waals surface area contributed by atoms with Crippen molar-refractivity contribution in [2.45, 2.75) is 20.3 Å². The topological polar surface area (TPSA) is 20.3 Å². The molecule has 18 heavy (non-hydrogen) atoms. The zero-order chi connectivity index (χ0) is 13.1. The Balaban J connectivity index is 1.99. The van der Waals surface area contributed by atoms with E-state index in [0.29, 0.717) is 18.4 Å². The van der Waals surface area contributed by atoms with E-state index in [1.165, 1.54) is 6.42 Å². The highest BCUT2D eigenvalue weighted by Gasteiger charge is 2.23. The summed E-state index contributed by atoms with van der Waals surface area (Å²) in [5.74, 6) is 1.62. The smallest absolute Gasteiger partial charge is 0.176 e. The van der Waals surface area contributed by atoms with Crippen LogP contribution < -0.4 is 0 Å². The molecule has 98 valence electrons. The standard InChI is InChI=1S/C15H20BrNO/c1-11-6-12(2)9-17(8-11)10-15(18)13-4-3-5-14(16)7-13/h3-5,7,11-12H,6,8-10H2,1-2H3. The number of halogens is 1. The van der Waals surface area contributed by atoms with Gasteiger partial charge in [-0.1, -0.05) is 41.9 Å². The quantitative estimate of drug-likeness (QED) is 0.795. The first-order chi connectivity index (χ1) is 8.54. The van der Waals surface area contributed by atoms with Gasteiger partial charge in [0.25, 0.3) is 0 Å². The molecule has 0 aromatic heterocycles. The van der Waals surface area contributed by atoms with Crippen molar-refractivity contribution in [3.63, 3.8) is 0 Å². The summed E-state index contributed by atoms with van der Waals surface area (Å²) in [6.45, 7) is 7.18. The second-order valence-electron chi connectivity index (χ2n) is 5.57. The zero-order valence-corrected chi connectivity index (χ0v) is 12.6. The lowest BCUT2D eigenvalue weighted by atomic mass is 9.91. The third-order valence-corrected chi connectivity index (χ3v) is 3.95. The van der Waals surface area contributed by atoms with E-state index in [4.69, 9.17) is 0 Å². The Labute approximate surface area is 117 Å². The summed E-state index contributed by atoms with van der Waals surface area (Å²) in [4.78, 5) is 14.5. The van der Waals surface area contributed by atoms with Crippen LogP contribution in [0.5, 0.6) is 0 Å². The predicted molar refractivity (Wildman–Crippen MR) is 77.9 cm³/mol. The molecule has 2 nitrogen and oxygen atoms in total. The van der Waals surface area contributed by atoms with E-state index in [0.717, 1.165) is 23.1 Å². The van der Waals surface area contributed by atoms with Gasteiger partial charge in [-0.05, 0) is 30.4 Å². The second kappa shape index (κ2) is 5.98. The summed E-state index contributed by atoms with van der Waals surface area (Å²) < 4.78 is 0.966. The highest BCUT2D eigenvalue weighted by molar-refractivity contribution is 9.10. The van der Waals surface area contributed by atoms with E-state index in [-0.39, 0.29) is 5.78 Å². The van der Waals surface area contributed by atoms with Crippen molar-refractivity contribution in [3.05, 3.63) is 34.3 Å². The molecule has 1 saturated heterocycles. The number of piperidine rings is 1. The molecule has 1 aromatic rings. The van der Waals surface area contributed by atoms with E-state index in [2.05, 4.69) is 34.7 Å². The maximum atomic E-state index is 12.2. The summed E-state index contributed by atoms with van der Waals surface area (Å²) in [5, 5.41) is 0. The van der Waals surface area contributed by atoms with Crippen LogP contribution in [0.3, 0.4) is 0 Å². The van der Waals surface area contributed by atoms with Crippen LogP contribution in [-0.4, -0.2) is 30.3 Å². The number of likely N-dealkylation sites (tertiary alicyclic amines) is 1. The molecule has 0 saturated carbocycles. The maximum Gasteiger partial charge on any atom is 0.176 e. The second-order valence-corrected chi connectivity index (χ2v) is 6.49. The Morgan fingerprint density at radius 1 is 1.33 bits per heavy atom. The monoisotopic (exact) mass is 309 g/mol. The zero-order valence-electron chi connectivity index (χ0n) is 11.0. The van der Waals surface area contributed by atoms with Crippen LogP contribution in [0.2, 0.25) is 0 Å². The summed E-state index contributed by atoms with van der Waals surface area (Å²) >= 11 is 3.41. The summed E-state index contributed by atoms with van der Waals surface area (Å²) in [6, 6.07) is 7.66. The van der Waals surface area contributed by atoms with E-state index in [1.807, 2.05) is 24.3 Å². The minimum atomic E-state index is 0.220. The molecule has 0 bridgehead atoms. The van der Waals surface area contributed by atoms with Crippen LogP contribution in [0.1, 0.15) is 30.6 Å². The molecule has 0 radical (unpaired) electrons. The largest absolute Gasteiger partial charge is 0.295 e. The summed E-state index contributed by atoms with van der Waals surface area (Å²) in [7, 11) is 0. The van der Waals surface area contributed by atoms with Crippen LogP contribution >= 0.6 is 15.9 Å². The number of carbonyl (C=O) groups excluding carboxylic acids is 1. The lowest BCUT2D eigenvalue weighted by Gasteiger charge is -2.34. The van der Waals surface area contributed by atoms with Crippen molar-refractivity contribution >= 4 is 21.7 Å². The summed E-state index contributed by atoms with van der Waals surface area (Å²) in [6.07, 6.45) is 1.28. The number of carbonyl (C=O) groups is 1. The molecule has 0 aliphatic carbocycles. The Hall–Kier alpha value is -0.670. The molecule has 0 N–H and O–H groups in total. The van der Waals surface area contributed by atoms with E-state index in [1.54, 1.807) is 0 Å². The van der Waals surface area contributed by atoms with Gasteiger partial charge in [0.2, 0.25) is 0 Å². The van der Waals surface area contributed by atoms with Gasteiger partial charge in [-0.15, -0.1) is 0 Å². The van der Waals surface area contributed by atoms with Gasteiger partial charge >= 0.3 is 0 Å². The van der Waals surface area contributed by atoms with Crippen molar-refractivity contribution in [1.29, 1.82) is 0 Å². The molecule has 1 aromatic carbocycles. The molecule has 0 spiro atoms. The Kier molecular flexibility index (Phi) is 4.57. The van der Waals surface area contributed by atoms with Crippen LogP contribution in [0, 0.1) is 11.8 Å². The highest BCUT2D eigenvalue weighted by Crippen LogP contribution is 2.21.